The van der Waals surface area contributed by atoms with Crippen LogP contribution in [0.4, 0.5) is 11.4 Å². The number of hydrogen-bond donors (Lipinski definition) is 3. The number of para-hydroxylation sites is 1. The van der Waals surface area contributed by atoms with Gasteiger partial charge in [-0.25, -0.2) is 0 Å². The fourth-order valence-corrected chi connectivity index (χ4v) is 5.17. The maximum atomic E-state index is 13.2. The van der Waals surface area contributed by atoms with Gasteiger partial charge in [0.2, 0.25) is 0 Å². The van der Waals surface area contributed by atoms with Crippen LogP contribution in [0.25, 0.3) is 11.3 Å². The van der Waals surface area contributed by atoms with Crippen LogP contribution in [0.15, 0.2) is 36.7 Å². The first kappa shape index (κ1) is 23.1. The van der Waals surface area contributed by atoms with Crippen molar-refractivity contribution < 1.29 is 23.7 Å². The van der Waals surface area contributed by atoms with Crippen molar-refractivity contribution in [1.29, 1.82) is 0 Å². The summed E-state index contributed by atoms with van der Waals surface area (Å²) in [5.74, 6) is 0.951. The molecular formula is C26H27ClN4O5. The molecule has 2 fully saturated rings. The number of carbonyl (C=O) groups excluding carboxylic acids is 1. The highest BCUT2D eigenvalue weighted by molar-refractivity contribution is 6.32. The summed E-state index contributed by atoms with van der Waals surface area (Å²) in [6, 6.07) is 7.34. The SMILES string of the molecule is COc1c(Cl)cccc1Nc1c(-c2ccncc2OC[C@@H]2COCCO2)[nH]c2c1C(=O)NCC21CC1. The molecule has 188 valence electrons. The van der Waals surface area contributed by atoms with E-state index >= 15 is 0 Å². The van der Waals surface area contributed by atoms with E-state index in [1.807, 2.05) is 18.2 Å². The number of benzene rings is 1. The molecule has 0 unspecified atom stereocenters. The molecule has 1 saturated carbocycles. The van der Waals surface area contributed by atoms with Gasteiger partial charge in [-0.05, 0) is 31.0 Å². The van der Waals surface area contributed by atoms with Crippen LogP contribution in [0.3, 0.4) is 0 Å². The Morgan fingerprint density at radius 2 is 2.17 bits per heavy atom. The maximum absolute atomic E-state index is 13.2. The normalized spacial score (nSPS) is 19.9. The van der Waals surface area contributed by atoms with E-state index in [1.165, 1.54) is 0 Å². The van der Waals surface area contributed by atoms with Crippen molar-refractivity contribution in [2.75, 3.05) is 45.4 Å². The number of anilines is 2. The van der Waals surface area contributed by atoms with E-state index in [1.54, 1.807) is 25.6 Å². The van der Waals surface area contributed by atoms with Crippen molar-refractivity contribution in [2.24, 2.45) is 0 Å². The zero-order chi connectivity index (χ0) is 24.7. The number of carbonyl (C=O) groups is 1. The highest BCUT2D eigenvalue weighted by Gasteiger charge is 2.51. The Kier molecular flexibility index (Phi) is 5.99. The Hall–Kier alpha value is -3.27. The minimum absolute atomic E-state index is 0.0718. The van der Waals surface area contributed by atoms with Crippen molar-refractivity contribution in [2.45, 2.75) is 24.4 Å². The van der Waals surface area contributed by atoms with Gasteiger partial charge >= 0.3 is 0 Å². The molecule has 0 radical (unpaired) electrons. The lowest BCUT2D eigenvalue weighted by atomic mass is 9.93. The molecule has 3 aliphatic rings. The van der Waals surface area contributed by atoms with Gasteiger partial charge in [0.05, 0.1) is 60.8 Å². The van der Waals surface area contributed by atoms with Crippen molar-refractivity contribution in [1.82, 2.24) is 15.3 Å². The third kappa shape index (κ3) is 4.07. The molecule has 36 heavy (non-hydrogen) atoms. The topological polar surface area (TPSA) is 107 Å². The third-order valence-electron chi connectivity index (χ3n) is 6.99. The first-order chi connectivity index (χ1) is 17.6. The number of fused-ring (bicyclic) bond motifs is 2. The lowest BCUT2D eigenvalue weighted by molar-refractivity contribution is -0.101. The molecule has 1 aliphatic carbocycles. The lowest BCUT2D eigenvalue weighted by Crippen LogP contribution is -2.39. The van der Waals surface area contributed by atoms with Crippen molar-refractivity contribution in [3.8, 4) is 22.8 Å². The first-order valence-electron chi connectivity index (χ1n) is 12.0. The average Bonchev–Trinajstić information content (AvgIpc) is 3.58. The van der Waals surface area contributed by atoms with Gasteiger partial charge in [-0.2, -0.15) is 0 Å². The van der Waals surface area contributed by atoms with Crippen molar-refractivity contribution >= 4 is 28.9 Å². The summed E-state index contributed by atoms with van der Waals surface area (Å²) >= 11 is 6.39. The monoisotopic (exact) mass is 510 g/mol. The summed E-state index contributed by atoms with van der Waals surface area (Å²) in [6.45, 7) is 2.57. The smallest absolute Gasteiger partial charge is 0.255 e. The number of hydrogen-bond acceptors (Lipinski definition) is 7. The number of aromatic amines is 1. The van der Waals surface area contributed by atoms with E-state index in [-0.39, 0.29) is 17.4 Å². The van der Waals surface area contributed by atoms with Gasteiger partial charge in [0.15, 0.2) is 5.75 Å². The van der Waals surface area contributed by atoms with E-state index in [0.717, 1.165) is 29.8 Å². The fourth-order valence-electron chi connectivity index (χ4n) is 4.92. The second-order valence-electron chi connectivity index (χ2n) is 9.28. The largest absolute Gasteiger partial charge is 0.493 e. The van der Waals surface area contributed by atoms with Gasteiger partial charge in [0, 0.05) is 29.4 Å². The number of nitrogens with one attached hydrogen (secondary N) is 3. The Bertz CT molecular complexity index is 1300. The predicted molar refractivity (Wildman–Crippen MR) is 135 cm³/mol. The zero-order valence-electron chi connectivity index (χ0n) is 19.9. The standard InChI is InChI=1S/C26H27ClN4O5/c1-33-23-17(27)3-2-4-18(23)30-22-20-24(26(6-7-26)14-29-25(20)32)31-21(22)16-5-8-28-11-19(16)36-13-15-12-34-9-10-35-15/h2-5,8,11,15,30-31H,6-7,9-10,12-14H2,1H3,(H,29,32)/t15-/m0/s1. The molecule has 1 saturated heterocycles. The minimum atomic E-state index is -0.155. The molecule has 3 N–H and O–H groups in total. The Morgan fingerprint density at radius 1 is 1.28 bits per heavy atom. The summed E-state index contributed by atoms with van der Waals surface area (Å²) < 4.78 is 22.9. The molecule has 0 bridgehead atoms. The van der Waals surface area contributed by atoms with Crippen LogP contribution in [-0.2, 0) is 14.9 Å². The second kappa shape index (κ2) is 9.31. The van der Waals surface area contributed by atoms with Gasteiger partial charge in [-0.15, -0.1) is 0 Å². The summed E-state index contributed by atoms with van der Waals surface area (Å²) in [7, 11) is 1.57. The number of halogens is 1. The number of amides is 1. The Labute approximate surface area is 213 Å². The Morgan fingerprint density at radius 3 is 2.94 bits per heavy atom. The highest BCUT2D eigenvalue weighted by atomic mass is 35.5. The zero-order valence-corrected chi connectivity index (χ0v) is 20.6. The van der Waals surface area contributed by atoms with E-state index in [2.05, 4.69) is 20.6 Å². The van der Waals surface area contributed by atoms with E-state index in [0.29, 0.717) is 66.4 Å². The molecular weight excluding hydrogens is 484 g/mol. The maximum Gasteiger partial charge on any atom is 0.255 e. The van der Waals surface area contributed by atoms with Crippen LogP contribution in [0, 0.1) is 0 Å². The van der Waals surface area contributed by atoms with Crippen LogP contribution in [0.2, 0.25) is 5.02 Å². The average molecular weight is 511 g/mol. The fraction of sp³-hybridized carbons (Fsp3) is 0.385. The molecule has 1 aromatic carbocycles. The third-order valence-corrected chi connectivity index (χ3v) is 7.29. The molecule has 6 rings (SSSR count). The number of aromatic nitrogens is 2. The molecule has 3 aromatic rings. The van der Waals surface area contributed by atoms with Gasteiger partial charge in [-0.3, -0.25) is 9.78 Å². The van der Waals surface area contributed by atoms with Gasteiger partial charge in [0.25, 0.3) is 5.91 Å². The first-order valence-corrected chi connectivity index (χ1v) is 12.4. The van der Waals surface area contributed by atoms with Gasteiger partial charge in [0.1, 0.15) is 18.5 Å². The number of rotatable bonds is 7. The molecule has 1 spiro atoms. The van der Waals surface area contributed by atoms with Crippen molar-refractivity contribution in [3.63, 3.8) is 0 Å². The van der Waals surface area contributed by atoms with Crippen LogP contribution < -0.4 is 20.1 Å². The van der Waals surface area contributed by atoms with Crippen molar-refractivity contribution in [3.05, 3.63) is 52.9 Å². The molecule has 2 aliphatic heterocycles. The number of ether oxygens (including phenoxy) is 4. The number of pyridine rings is 1. The lowest BCUT2D eigenvalue weighted by Gasteiger charge is -2.23. The molecule has 9 nitrogen and oxygen atoms in total. The predicted octanol–water partition coefficient (Wildman–Crippen LogP) is 4.05. The van der Waals surface area contributed by atoms with Gasteiger partial charge < -0.3 is 34.6 Å². The summed E-state index contributed by atoms with van der Waals surface area (Å²) in [5.41, 5.74) is 4.28. The molecule has 10 heteroatoms. The molecule has 1 atom stereocenters. The number of nitrogens with zero attached hydrogens (tertiary/aromatic N) is 1. The quantitative estimate of drug-likeness (QED) is 0.440. The van der Waals surface area contributed by atoms with Crippen LogP contribution in [0.1, 0.15) is 28.9 Å². The van der Waals surface area contributed by atoms with Crippen LogP contribution in [0.5, 0.6) is 11.5 Å². The summed E-state index contributed by atoms with van der Waals surface area (Å²) in [4.78, 5) is 21.1. The summed E-state index contributed by atoms with van der Waals surface area (Å²) in [6.07, 6.45) is 5.25. The second-order valence-corrected chi connectivity index (χ2v) is 9.69. The highest BCUT2D eigenvalue weighted by Crippen LogP contribution is 2.54. The van der Waals surface area contributed by atoms with Crippen LogP contribution >= 0.6 is 11.6 Å². The molecule has 1 amide bonds. The van der Waals surface area contributed by atoms with E-state index in [9.17, 15) is 4.79 Å². The van der Waals surface area contributed by atoms with E-state index < -0.39 is 0 Å². The Balaban J connectivity index is 1.44. The number of H-pyrrole nitrogens is 1. The van der Waals surface area contributed by atoms with Gasteiger partial charge in [-0.1, -0.05) is 17.7 Å². The molecule has 4 heterocycles. The van der Waals surface area contributed by atoms with Crippen LogP contribution in [-0.4, -0.2) is 62.1 Å². The minimum Gasteiger partial charge on any atom is -0.493 e. The molecule has 2 aromatic heterocycles. The number of methoxy groups -OCH3 is 1. The summed E-state index contributed by atoms with van der Waals surface area (Å²) in [5, 5.41) is 6.99. The van der Waals surface area contributed by atoms with E-state index in [4.69, 9.17) is 30.5 Å².